The van der Waals surface area contributed by atoms with Crippen molar-refractivity contribution in [1.29, 1.82) is 0 Å². The molecule has 0 aliphatic carbocycles. The lowest BCUT2D eigenvalue weighted by atomic mass is 10.1. The number of hydrogen-bond donors (Lipinski definition) is 2. The van der Waals surface area contributed by atoms with Gasteiger partial charge in [0.15, 0.2) is 0 Å². The molecule has 1 heterocycles. The van der Waals surface area contributed by atoms with E-state index in [1.807, 2.05) is 54.6 Å². The molecule has 27 heavy (non-hydrogen) atoms. The van der Waals surface area contributed by atoms with Crippen molar-refractivity contribution in [3.05, 3.63) is 89.4 Å². The Hall–Kier alpha value is -3.37. The highest BCUT2D eigenvalue weighted by Crippen LogP contribution is 2.33. The van der Waals surface area contributed by atoms with Gasteiger partial charge in [-0.25, -0.2) is 9.78 Å². The first-order chi connectivity index (χ1) is 13.1. The number of H-pyrrole nitrogens is 1. The fraction of sp³-hybridized carbons (Fsp3) is 0. The highest BCUT2D eigenvalue weighted by Gasteiger charge is 2.15. The van der Waals surface area contributed by atoms with Crippen LogP contribution in [0.1, 0.15) is 10.4 Å². The standard InChI is InChI=1S/C22H15ClN2O2/c23-18-8-4-7-17(13-18)20-19(14-5-2-1-3-6-14)24-21(25-20)15-9-11-16(12-10-15)22(26)27/h1-13H,(H,24,25)(H,26,27). The number of carbonyl (C=O) groups is 1. The van der Waals surface area contributed by atoms with Gasteiger partial charge in [0, 0.05) is 21.7 Å². The van der Waals surface area contributed by atoms with Gasteiger partial charge < -0.3 is 10.1 Å². The Kier molecular flexibility index (Phi) is 4.48. The molecule has 0 aliphatic rings. The van der Waals surface area contributed by atoms with E-state index in [4.69, 9.17) is 21.7 Å². The Balaban J connectivity index is 1.86. The summed E-state index contributed by atoms with van der Waals surface area (Å²) in [6, 6.07) is 24.1. The van der Waals surface area contributed by atoms with E-state index in [0.717, 1.165) is 28.1 Å². The molecule has 3 aromatic carbocycles. The van der Waals surface area contributed by atoms with Crippen LogP contribution >= 0.6 is 11.6 Å². The summed E-state index contributed by atoms with van der Waals surface area (Å²) in [7, 11) is 0. The molecule has 0 saturated carbocycles. The lowest BCUT2D eigenvalue weighted by Crippen LogP contribution is -1.95. The molecule has 4 rings (SSSR count). The molecule has 0 spiro atoms. The molecule has 2 N–H and O–H groups in total. The molecule has 0 fully saturated rings. The number of hydrogen-bond acceptors (Lipinski definition) is 2. The topological polar surface area (TPSA) is 66.0 Å². The monoisotopic (exact) mass is 374 g/mol. The highest BCUT2D eigenvalue weighted by atomic mass is 35.5. The zero-order valence-corrected chi connectivity index (χ0v) is 14.9. The largest absolute Gasteiger partial charge is 0.478 e. The van der Waals surface area contributed by atoms with E-state index in [0.29, 0.717) is 10.8 Å². The van der Waals surface area contributed by atoms with Crippen molar-refractivity contribution >= 4 is 17.6 Å². The summed E-state index contributed by atoms with van der Waals surface area (Å²) in [5, 5.41) is 9.72. The molecule has 1 aromatic heterocycles. The second-order valence-corrected chi connectivity index (χ2v) is 6.50. The predicted molar refractivity (Wildman–Crippen MR) is 107 cm³/mol. The summed E-state index contributed by atoms with van der Waals surface area (Å²) in [4.78, 5) is 19.2. The number of benzene rings is 3. The van der Waals surface area contributed by atoms with Crippen molar-refractivity contribution in [3.8, 4) is 33.9 Å². The van der Waals surface area contributed by atoms with Gasteiger partial charge in [0.2, 0.25) is 0 Å². The number of halogens is 1. The Labute approximate surface area is 161 Å². The maximum atomic E-state index is 11.1. The van der Waals surface area contributed by atoms with Gasteiger partial charge in [-0.05, 0) is 24.3 Å². The van der Waals surface area contributed by atoms with Crippen LogP contribution in [0.4, 0.5) is 0 Å². The number of rotatable bonds is 4. The molecular formula is C22H15ClN2O2. The average molecular weight is 375 g/mol. The second kappa shape index (κ2) is 7.09. The van der Waals surface area contributed by atoms with Gasteiger partial charge in [-0.1, -0.05) is 66.2 Å². The molecule has 0 unspecified atom stereocenters. The van der Waals surface area contributed by atoms with E-state index in [9.17, 15) is 4.79 Å². The van der Waals surface area contributed by atoms with Crippen molar-refractivity contribution in [3.63, 3.8) is 0 Å². The summed E-state index contributed by atoms with van der Waals surface area (Å²) in [5.41, 5.74) is 4.64. The predicted octanol–water partition coefficient (Wildman–Crippen LogP) is 5.76. The maximum Gasteiger partial charge on any atom is 0.335 e. The van der Waals surface area contributed by atoms with Gasteiger partial charge in [0.25, 0.3) is 0 Å². The third-order valence-corrected chi connectivity index (χ3v) is 4.50. The lowest BCUT2D eigenvalue weighted by Gasteiger charge is -2.03. The van der Waals surface area contributed by atoms with Crippen LogP contribution in [0, 0.1) is 0 Å². The molecule has 0 radical (unpaired) electrons. The summed E-state index contributed by atoms with van der Waals surface area (Å²) < 4.78 is 0. The molecule has 0 bridgehead atoms. The van der Waals surface area contributed by atoms with Crippen molar-refractivity contribution < 1.29 is 9.90 Å². The molecule has 0 amide bonds. The third kappa shape index (κ3) is 3.48. The summed E-state index contributed by atoms with van der Waals surface area (Å²) in [6.07, 6.45) is 0. The minimum absolute atomic E-state index is 0.239. The zero-order valence-electron chi connectivity index (χ0n) is 14.2. The summed E-state index contributed by atoms with van der Waals surface area (Å²) in [5.74, 6) is -0.286. The summed E-state index contributed by atoms with van der Waals surface area (Å²) >= 11 is 6.17. The Morgan fingerprint density at radius 1 is 0.852 bits per heavy atom. The molecule has 4 aromatic rings. The van der Waals surface area contributed by atoms with Crippen LogP contribution in [-0.2, 0) is 0 Å². The van der Waals surface area contributed by atoms with Gasteiger partial charge in [0.05, 0.1) is 17.0 Å². The number of aromatic nitrogens is 2. The lowest BCUT2D eigenvalue weighted by molar-refractivity contribution is 0.0697. The average Bonchev–Trinajstić information content (AvgIpc) is 3.14. The minimum Gasteiger partial charge on any atom is -0.478 e. The quantitative estimate of drug-likeness (QED) is 0.477. The van der Waals surface area contributed by atoms with Gasteiger partial charge in [-0.15, -0.1) is 0 Å². The van der Waals surface area contributed by atoms with E-state index >= 15 is 0 Å². The Morgan fingerprint density at radius 3 is 2.22 bits per heavy atom. The molecule has 0 atom stereocenters. The fourth-order valence-corrected chi connectivity index (χ4v) is 3.13. The molecule has 5 heteroatoms. The number of imidazole rings is 1. The van der Waals surface area contributed by atoms with Crippen LogP contribution in [0.3, 0.4) is 0 Å². The first-order valence-electron chi connectivity index (χ1n) is 8.37. The molecule has 132 valence electrons. The maximum absolute atomic E-state index is 11.1. The molecule has 0 aliphatic heterocycles. The normalized spacial score (nSPS) is 10.7. The van der Waals surface area contributed by atoms with Crippen molar-refractivity contribution in [2.24, 2.45) is 0 Å². The van der Waals surface area contributed by atoms with E-state index in [2.05, 4.69) is 4.98 Å². The number of aromatic carboxylic acids is 1. The van der Waals surface area contributed by atoms with Crippen LogP contribution in [0.15, 0.2) is 78.9 Å². The summed E-state index contributed by atoms with van der Waals surface area (Å²) in [6.45, 7) is 0. The first kappa shape index (κ1) is 17.1. The smallest absolute Gasteiger partial charge is 0.335 e. The van der Waals surface area contributed by atoms with Crippen LogP contribution in [0.2, 0.25) is 5.02 Å². The van der Waals surface area contributed by atoms with Gasteiger partial charge in [-0.2, -0.15) is 0 Å². The van der Waals surface area contributed by atoms with Crippen molar-refractivity contribution in [1.82, 2.24) is 9.97 Å². The second-order valence-electron chi connectivity index (χ2n) is 6.07. The van der Waals surface area contributed by atoms with Gasteiger partial charge in [0.1, 0.15) is 5.82 Å². The number of carboxylic acid groups (broad SMARTS) is 1. The van der Waals surface area contributed by atoms with Crippen LogP contribution in [-0.4, -0.2) is 21.0 Å². The zero-order chi connectivity index (χ0) is 18.8. The van der Waals surface area contributed by atoms with Crippen LogP contribution in [0.5, 0.6) is 0 Å². The van der Waals surface area contributed by atoms with Crippen LogP contribution in [0.25, 0.3) is 33.9 Å². The molecule has 4 nitrogen and oxygen atoms in total. The fourth-order valence-electron chi connectivity index (χ4n) is 2.94. The van der Waals surface area contributed by atoms with E-state index in [-0.39, 0.29) is 5.56 Å². The van der Waals surface area contributed by atoms with E-state index in [1.165, 1.54) is 0 Å². The van der Waals surface area contributed by atoms with E-state index < -0.39 is 5.97 Å². The molecule has 0 saturated heterocycles. The van der Waals surface area contributed by atoms with Gasteiger partial charge in [-0.3, -0.25) is 0 Å². The highest BCUT2D eigenvalue weighted by molar-refractivity contribution is 6.30. The molecular weight excluding hydrogens is 360 g/mol. The minimum atomic E-state index is -0.953. The number of nitrogens with zero attached hydrogens (tertiary/aromatic N) is 1. The Bertz CT molecular complexity index is 1100. The third-order valence-electron chi connectivity index (χ3n) is 4.27. The number of carboxylic acids is 1. The van der Waals surface area contributed by atoms with Gasteiger partial charge >= 0.3 is 5.97 Å². The number of aromatic amines is 1. The van der Waals surface area contributed by atoms with E-state index in [1.54, 1.807) is 24.3 Å². The number of nitrogens with one attached hydrogen (secondary N) is 1. The van der Waals surface area contributed by atoms with Crippen molar-refractivity contribution in [2.45, 2.75) is 0 Å². The van der Waals surface area contributed by atoms with Crippen LogP contribution < -0.4 is 0 Å². The Morgan fingerprint density at radius 2 is 1.56 bits per heavy atom. The first-order valence-corrected chi connectivity index (χ1v) is 8.75. The SMILES string of the molecule is O=C(O)c1ccc(-c2nc(-c3cccc(Cl)c3)c(-c3ccccc3)[nH]2)cc1. The van der Waals surface area contributed by atoms with Crippen molar-refractivity contribution in [2.75, 3.05) is 0 Å².